The maximum absolute atomic E-state index is 12.7. The highest BCUT2D eigenvalue weighted by Crippen LogP contribution is 2.22. The van der Waals surface area contributed by atoms with Crippen LogP contribution in [0.15, 0.2) is 65.6 Å². The summed E-state index contributed by atoms with van der Waals surface area (Å²) in [5.41, 5.74) is 3.58. The molecule has 124 valence electrons. The summed E-state index contributed by atoms with van der Waals surface area (Å²) >= 11 is 0. The molecule has 0 bridgehead atoms. The zero-order chi connectivity index (χ0) is 17.2. The van der Waals surface area contributed by atoms with Gasteiger partial charge in [0.15, 0.2) is 0 Å². The van der Waals surface area contributed by atoms with E-state index in [0.29, 0.717) is 17.9 Å². The Balaban J connectivity index is 1.78. The van der Waals surface area contributed by atoms with Gasteiger partial charge in [0.2, 0.25) is 10.0 Å². The fraction of sp³-hybridized carbons (Fsp3) is 0.200. The molecule has 0 aliphatic heterocycles. The van der Waals surface area contributed by atoms with Crippen molar-refractivity contribution in [2.75, 3.05) is 6.54 Å². The smallest absolute Gasteiger partial charge is 0.211 e. The molecule has 24 heavy (non-hydrogen) atoms. The molecule has 0 aliphatic rings. The Morgan fingerprint density at radius 3 is 2.46 bits per heavy atom. The molecular formula is C20H21NO2S. The lowest BCUT2D eigenvalue weighted by atomic mass is 10.0. The molecule has 3 aromatic rings. The van der Waals surface area contributed by atoms with Crippen molar-refractivity contribution in [3.63, 3.8) is 0 Å². The Labute approximate surface area is 143 Å². The van der Waals surface area contributed by atoms with Crippen molar-refractivity contribution in [1.29, 1.82) is 0 Å². The topological polar surface area (TPSA) is 46.2 Å². The number of rotatable bonds is 5. The van der Waals surface area contributed by atoms with Gasteiger partial charge in [-0.2, -0.15) is 0 Å². The van der Waals surface area contributed by atoms with Crippen LogP contribution in [0.3, 0.4) is 0 Å². The normalized spacial score (nSPS) is 11.8. The predicted octanol–water partition coefficient (Wildman–Crippen LogP) is 3.98. The summed E-state index contributed by atoms with van der Waals surface area (Å²) in [5, 5.41) is 1.67. The molecule has 0 saturated carbocycles. The van der Waals surface area contributed by atoms with Crippen LogP contribution in [0.25, 0.3) is 10.8 Å². The van der Waals surface area contributed by atoms with E-state index in [9.17, 15) is 8.42 Å². The molecule has 0 aromatic heterocycles. The molecule has 3 rings (SSSR count). The molecule has 1 N–H and O–H groups in total. The fourth-order valence-electron chi connectivity index (χ4n) is 2.95. The Bertz CT molecular complexity index is 973. The number of fused-ring (bicyclic) bond motifs is 1. The minimum atomic E-state index is -3.53. The van der Waals surface area contributed by atoms with Crippen molar-refractivity contribution < 1.29 is 8.42 Å². The summed E-state index contributed by atoms with van der Waals surface area (Å²) in [4.78, 5) is 0.334. The van der Waals surface area contributed by atoms with Gasteiger partial charge in [0.1, 0.15) is 0 Å². The molecule has 0 spiro atoms. The number of benzene rings is 3. The molecule has 0 amide bonds. The van der Waals surface area contributed by atoms with Gasteiger partial charge in [0.05, 0.1) is 4.90 Å². The zero-order valence-electron chi connectivity index (χ0n) is 13.9. The molecule has 0 saturated heterocycles. The first-order chi connectivity index (χ1) is 11.5. The van der Waals surface area contributed by atoms with Gasteiger partial charge in [-0.25, -0.2) is 13.1 Å². The molecule has 4 heteroatoms. The van der Waals surface area contributed by atoms with E-state index < -0.39 is 10.0 Å². The van der Waals surface area contributed by atoms with Crippen LogP contribution in [-0.4, -0.2) is 15.0 Å². The highest BCUT2D eigenvalue weighted by atomic mass is 32.2. The van der Waals surface area contributed by atoms with Crippen LogP contribution in [0, 0.1) is 13.8 Å². The summed E-state index contributed by atoms with van der Waals surface area (Å²) in [7, 11) is -3.53. The van der Waals surface area contributed by atoms with Crippen molar-refractivity contribution in [2.24, 2.45) is 0 Å². The number of sulfonamides is 1. The van der Waals surface area contributed by atoms with Gasteiger partial charge < -0.3 is 0 Å². The van der Waals surface area contributed by atoms with E-state index in [1.165, 1.54) is 16.7 Å². The Kier molecular flexibility index (Phi) is 4.69. The van der Waals surface area contributed by atoms with Crippen LogP contribution in [0.4, 0.5) is 0 Å². The molecule has 0 aliphatic carbocycles. The number of hydrogen-bond acceptors (Lipinski definition) is 2. The van der Waals surface area contributed by atoms with E-state index in [1.807, 2.05) is 30.3 Å². The van der Waals surface area contributed by atoms with Crippen LogP contribution in [0.2, 0.25) is 0 Å². The van der Waals surface area contributed by atoms with E-state index in [-0.39, 0.29) is 0 Å². The summed E-state index contributed by atoms with van der Waals surface area (Å²) in [5.74, 6) is 0. The second-order valence-electron chi connectivity index (χ2n) is 6.05. The first-order valence-corrected chi connectivity index (χ1v) is 9.49. The highest BCUT2D eigenvalue weighted by molar-refractivity contribution is 7.89. The lowest BCUT2D eigenvalue weighted by Crippen LogP contribution is -2.26. The first-order valence-electron chi connectivity index (χ1n) is 8.01. The number of aryl methyl sites for hydroxylation is 2. The van der Waals surface area contributed by atoms with E-state index in [4.69, 9.17) is 0 Å². The van der Waals surface area contributed by atoms with Gasteiger partial charge in [-0.15, -0.1) is 0 Å². The second-order valence-corrected chi connectivity index (χ2v) is 7.79. The molecular weight excluding hydrogens is 318 g/mol. The third kappa shape index (κ3) is 3.50. The maximum atomic E-state index is 12.7. The van der Waals surface area contributed by atoms with Gasteiger partial charge in [-0.05, 0) is 42.8 Å². The Morgan fingerprint density at radius 1 is 0.917 bits per heavy atom. The summed E-state index contributed by atoms with van der Waals surface area (Å²) in [6, 6.07) is 19.1. The SMILES string of the molecule is Cc1ccc(CCNS(=O)(=O)c2cccc3ccccc23)c(C)c1. The highest BCUT2D eigenvalue weighted by Gasteiger charge is 2.16. The van der Waals surface area contributed by atoms with Gasteiger partial charge in [-0.1, -0.05) is 60.2 Å². The molecule has 0 radical (unpaired) electrons. The molecule has 0 fully saturated rings. The van der Waals surface area contributed by atoms with Crippen LogP contribution in [0.1, 0.15) is 16.7 Å². The molecule has 3 aromatic carbocycles. The standard InChI is InChI=1S/C20H21NO2S/c1-15-10-11-17(16(2)14-15)12-13-21-24(22,23)20-9-5-7-18-6-3-4-8-19(18)20/h3-11,14,21H,12-13H2,1-2H3. The van der Waals surface area contributed by atoms with Crippen molar-refractivity contribution in [3.8, 4) is 0 Å². The molecule has 0 unspecified atom stereocenters. The summed E-state index contributed by atoms with van der Waals surface area (Å²) < 4.78 is 28.1. The van der Waals surface area contributed by atoms with Crippen molar-refractivity contribution in [1.82, 2.24) is 4.72 Å². The monoisotopic (exact) mass is 339 g/mol. The van der Waals surface area contributed by atoms with Crippen molar-refractivity contribution in [2.45, 2.75) is 25.2 Å². The van der Waals surface area contributed by atoms with Crippen LogP contribution >= 0.6 is 0 Å². The first kappa shape index (κ1) is 16.7. The Morgan fingerprint density at radius 2 is 1.67 bits per heavy atom. The lowest BCUT2D eigenvalue weighted by molar-refractivity contribution is 0.582. The third-order valence-corrected chi connectivity index (χ3v) is 5.74. The minimum absolute atomic E-state index is 0.334. The van der Waals surface area contributed by atoms with Crippen molar-refractivity contribution >= 4 is 20.8 Å². The van der Waals surface area contributed by atoms with Crippen LogP contribution in [0.5, 0.6) is 0 Å². The average molecular weight is 339 g/mol. The van der Waals surface area contributed by atoms with E-state index in [2.05, 4.69) is 36.8 Å². The van der Waals surface area contributed by atoms with Crippen LogP contribution in [-0.2, 0) is 16.4 Å². The van der Waals surface area contributed by atoms with E-state index in [1.54, 1.807) is 12.1 Å². The van der Waals surface area contributed by atoms with Gasteiger partial charge in [0.25, 0.3) is 0 Å². The quantitative estimate of drug-likeness (QED) is 0.764. The van der Waals surface area contributed by atoms with Gasteiger partial charge >= 0.3 is 0 Å². The van der Waals surface area contributed by atoms with Crippen LogP contribution < -0.4 is 4.72 Å². The minimum Gasteiger partial charge on any atom is -0.211 e. The fourth-order valence-corrected chi connectivity index (χ4v) is 4.21. The summed E-state index contributed by atoms with van der Waals surface area (Å²) in [6.07, 6.45) is 0.677. The second kappa shape index (κ2) is 6.75. The number of nitrogens with one attached hydrogen (secondary N) is 1. The zero-order valence-corrected chi connectivity index (χ0v) is 14.7. The van der Waals surface area contributed by atoms with E-state index in [0.717, 1.165) is 10.8 Å². The summed E-state index contributed by atoms with van der Waals surface area (Å²) in [6.45, 7) is 4.50. The number of hydrogen-bond donors (Lipinski definition) is 1. The van der Waals surface area contributed by atoms with Crippen molar-refractivity contribution in [3.05, 3.63) is 77.4 Å². The molecule has 0 heterocycles. The molecule has 3 nitrogen and oxygen atoms in total. The Hall–Kier alpha value is -2.17. The van der Waals surface area contributed by atoms with E-state index >= 15 is 0 Å². The largest absolute Gasteiger partial charge is 0.241 e. The average Bonchev–Trinajstić information content (AvgIpc) is 2.56. The van der Waals surface area contributed by atoms with Gasteiger partial charge in [0, 0.05) is 11.9 Å². The lowest BCUT2D eigenvalue weighted by Gasteiger charge is -2.11. The van der Waals surface area contributed by atoms with Gasteiger partial charge in [-0.3, -0.25) is 0 Å². The molecule has 0 atom stereocenters. The third-order valence-electron chi connectivity index (χ3n) is 4.22. The maximum Gasteiger partial charge on any atom is 0.241 e. The predicted molar refractivity (Wildman–Crippen MR) is 98.8 cm³/mol.